The van der Waals surface area contributed by atoms with Gasteiger partial charge in [0, 0.05) is 0 Å². The number of fused-ring (bicyclic) bond motifs is 1. The first-order valence-electron chi connectivity index (χ1n) is 4.12. The van der Waals surface area contributed by atoms with E-state index in [9.17, 15) is 0 Å². The number of rotatable bonds is 0. The smallest absolute Gasteiger partial charge is 0.0175 e. The van der Waals surface area contributed by atoms with Gasteiger partial charge in [-0.15, -0.1) is 0 Å². The standard InChI is InChI=1S/C9H14/c1-5-7-6-4-9(6,7)8(5,2)3/h5-7H,4H2,1-3H3. The molecule has 0 aliphatic heterocycles. The SMILES string of the molecule is CC1C2C3CC32C1(C)C. The molecule has 0 aromatic heterocycles. The molecular formula is C9H14. The Hall–Kier alpha value is 0. The second-order valence-electron chi connectivity index (χ2n) is 4.89. The molecule has 3 aliphatic carbocycles. The Morgan fingerprint density at radius 2 is 2.00 bits per heavy atom. The molecule has 0 amide bonds. The first kappa shape index (κ1) is 4.76. The fraction of sp³-hybridized carbons (Fsp3) is 1.00. The monoisotopic (exact) mass is 122 g/mol. The van der Waals surface area contributed by atoms with Gasteiger partial charge in [-0.2, -0.15) is 0 Å². The van der Waals surface area contributed by atoms with Gasteiger partial charge in [-0.05, 0) is 35.0 Å². The number of hydrogen-bond donors (Lipinski definition) is 0. The van der Waals surface area contributed by atoms with Crippen molar-refractivity contribution in [1.82, 2.24) is 0 Å². The average Bonchev–Trinajstić information content (AvgIpc) is 2.45. The van der Waals surface area contributed by atoms with Crippen LogP contribution in [-0.2, 0) is 0 Å². The van der Waals surface area contributed by atoms with Crippen LogP contribution in [0.2, 0.25) is 0 Å². The maximum Gasteiger partial charge on any atom is -0.0175 e. The lowest BCUT2D eigenvalue weighted by atomic mass is 9.56. The second-order valence-corrected chi connectivity index (χ2v) is 4.89. The molecule has 0 N–H and O–H groups in total. The van der Waals surface area contributed by atoms with E-state index in [1.807, 2.05) is 0 Å². The van der Waals surface area contributed by atoms with Crippen molar-refractivity contribution in [3.05, 3.63) is 0 Å². The molecule has 3 rings (SSSR count). The third-order valence-corrected chi connectivity index (χ3v) is 4.86. The van der Waals surface area contributed by atoms with Crippen LogP contribution in [0.4, 0.5) is 0 Å². The van der Waals surface area contributed by atoms with E-state index in [0.29, 0.717) is 0 Å². The predicted octanol–water partition coefficient (Wildman–Crippen LogP) is 2.30. The van der Waals surface area contributed by atoms with Gasteiger partial charge in [0.15, 0.2) is 0 Å². The summed E-state index contributed by atoms with van der Waals surface area (Å²) >= 11 is 0. The summed E-state index contributed by atoms with van der Waals surface area (Å²) in [5, 5.41) is 0. The fourth-order valence-corrected chi connectivity index (χ4v) is 3.70. The van der Waals surface area contributed by atoms with Crippen LogP contribution in [0, 0.1) is 28.6 Å². The molecule has 0 saturated heterocycles. The molecule has 4 atom stereocenters. The van der Waals surface area contributed by atoms with E-state index in [1.165, 1.54) is 11.8 Å². The quantitative estimate of drug-likeness (QED) is 0.462. The summed E-state index contributed by atoms with van der Waals surface area (Å²) < 4.78 is 0. The normalized spacial score (nSPS) is 71.7. The number of hydrogen-bond acceptors (Lipinski definition) is 0. The van der Waals surface area contributed by atoms with E-state index in [4.69, 9.17) is 0 Å². The predicted molar refractivity (Wildman–Crippen MR) is 37.0 cm³/mol. The van der Waals surface area contributed by atoms with Crippen molar-refractivity contribution in [1.29, 1.82) is 0 Å². The first-order valence-corrected chi connectivity index (χ1v) is 4.12. The van der Waals surface area contributed by atoms with Gasteiger partial charge in [-0.1, -0.05) is 20.8 Å². The molecule has 0 bridgehead atoms. The third kappa shape index (κ3) is 0.222. The summed E-state index contributed by atoms with van der Waals surface area (Å²) in [4.78, 5) is 0. The molecule has 0 heterocycles. The van der Waals surface area contributed by atoms with Crippen molar-refractivity contribution in [2.45, 2.75) is 27.2 Å². The Balaban J connectivity index is 2.04. The van der Waals surface area contributed by atoms with E-state index in [2.05, 4.69) is 20.8 Å². The molecule has 4 unspecified atom stereocenters. The molecule has 3 aliphatic rings. The van der Waals surface area contributed by atoms with Crippen molar-refractivity contribution < 1.29 is 0 Å². The Bertz CT molecular complexity index is 192. The highest BCUT2D eigenvalue weighted by atomic mass is 15.0. The highest BCUT2D eigenvalue weighted by Crippen LogP contribution is 2.98. The molecule has 9 heavy (non-hydrogen) atoms. The van der Waals surface area contributed by atoms with Gasteiger partial charge in [0.2, 0.25) is 0 Å². The van der Waals surface area contributed by atoms with E-state index in [0.717, 1.165) is 16.7 Å². The molecule has 0 aromatic carbocycles. The Labute approximate surface area is 56.6 Å². The van der Waals surface area contributed by atoms with Gasteiger partial charge >= 0.3 is 0 Å². The summed E-state index contributed by atoms with van der Waals surface area (Å²) in [5.41, 5.74) is 1.65. The van der Waals surface area contributed by atoms with Crippen LogP contribution in [0.1, 0.15) is 27.2 Å². The molecular weight excluding hydrogens is 108 g/mol. The molecule has 1 spiro atoms. The minimum absolute atomic E-state index is 0.725. The zero-order valence-corrected chi connectivity index (χ0v) is 6.44. The Kier molecular flexibility index (Phi) is 0.428. The van der Waals surface area contributed by atoms with Crippen LogP contribution in [0.25, 0.3) is 0 Å². The molecule has 0 radical (unpaired) electrons. The van der Waals surface area contributed by atoms with Crippen molar-refractivity contribution in [2.24, 2.45) is 28.6 Å². The highest BCUT2D eigenvalue weighted by Gasteiger charge is 2.93. The lowest BCUT2D eigenvalue weighted by Crippen LogP contribution is -2.43. The summed E-state index contributed by atoms with van der Waals surface area (Å²) in [5.74, 6) is 3.42. The average molecular weight is 122 g/mol. The summed E-state index contributed by atoms with van der Waals surface area (Å²) in [7, 11) is 0. The lowest BCUT2D eigenvalue weighted by Gasteiger charge is -2.49. The maximum atomic E-state index is 2.46. The van der Waals surface area contributed by atoms with Crippen LogP contribution in [0.5, 0.6) is 0 Å². The maximum absolute atomic E-state index is 2.46. The molecule has 3 fully saturated rings. The third-order valence-electron chi connectivity index (χ3n) is 4.86. The van der Waals surface area contributed by atoms with Gasteiger partial charge < -0.3 is 0 Å². The largest absolute Gasteiger partial charge is 0.0617 e. The Morgan fingerprint density at radius 1 is 1.33 bits per heavy atom. The van der Waals surface area contributed by atoms with Crippen LogP contribution in [0.15, 0.2) is 0 Å². The summed E-state index contributed by atoms with van der Waals surface area (Å²) in [6, 6.07) is 0. The van der Waals surface area contributed by atoms with E-state index in [1.54, 1.807) is 6.42 Å². The van der Waals surface area contributed by atoms with Crippen molar-refractivity contribution >= 4 is 0 Å². The fourth-order valence-electron chi connectivity index (χ4n) is 3.70. The minimum atomic E-state index is 0.725. The first-order chi connectivity index (χ1) is 4.12. The molecule has 0 heteroatoms. The zero-order chi connectivity index (χ0) is 6.44. The summed E-state index contributed by atoms with van der Waals surface area (Å²) in [6.07, 6.45) is 1.58. The summed E-state index contributed by atoms with van der Waals surface area (Å²) in [6.45, 7) is 7.35. The van der Waals surface area contributed by atoms with E-state index in [-0.39, 0.29) is 0 Å². The van der Waals surface area contributed by atoms with Gasteiger partial charge in [-0.3, -0.25) is 0 Å². The minimum Gasteiger partial charge on any atom is -0.0617 e. The van der Waals surface area contributed by atoms with Crippen LogP contribution in [-0.4, -0.2) is 0 Å². The van der Waals surface area contributed by atoms with Crippen LogP contribution in [0.3, 0.4) is 0 Å². The van der Waals surface area contributed by atoms with Gasteiger partial charge in [-0.25, -0.2) is 0 Å². The van der Waals surface area contributed by atoms with Crippen molar-refractivity contribution in [3.8, 4) is 0 Å². The van der Waals surface area contributed by atoms with E-state index >= 15 is 0 Å². The molecule has 3 saturated carbocycles. The van der Waals surface area contributed by atoms with Crippen LogP contribution >= 0.6 is 0 Å². The molecule has 0 nitrogen and oxygen atoms in total. The van der Waals surface area contributed by atoms with Crippen molar-refractivity contribution in [3.63, 3.8) is 0 Å². The molecule has 0 aromatic rings. The van der Waals surface area contributed by atoms with Gasteiger partial charge in [0.05, 0.1) is 0 Å². The zero-order valence-electron chi connectivity index (χ0n) is 6.44. The Morgan fingerprint density at radius 3 is 2.11 bits per heavy atom. The van der Waals surface area contributed by atoms with Crippen LogP contribution < -0.4 is 0 Å². The second kappa shape index (κ2) is 0.810. The topological polar surface area (TPSA) is 0 Å². The highest BCUT2D eigenvalue weighted by molar-refractivity contribution is 5.40. The van der Waals surface area contributed by atoms with Gasteiger partial charge in [0.25, 0.3) is 0 Å². The van der Waals surface area contributed by atoms with Gasteiger partial charge in [0.1, 0.15) is 0 Å². The van der Waals surface area contributed by atoms with E-state index < -0.39 is 0 Å². The molecule has 50 valence electrons. The van der Waals surface area contributed by atoms with Crippen molar-refractivity contribution in [2.75, 3.05) is 0 Å². The lowest BCUT2D eigenvalue weighted by molar-refractivity contribution is -0.00971.